The smallest absolute Gasteiger partial charge is 0.274 e. The van der Waals surface area contributed by atoms with E-state index in [2.05, 4.69) is 10.2 Å². The van der Waals surface area contributed by atoms with Crippen molar-refractivity contribution in [3.63, 3.8) is 0 Å². The number of likely N-dealkylation sites (tertiary alicyclic amines) is 1. The summed E-state index contributed by atoms with van der Waals surface area (Å²) in [5.41, 5.74) is 2.55. The minimum absolute atomic E-state index is 0.0340. The molecular formula is C18H23N3O3. The maximum Gasteiger partial charge on any atom is 0.274 e. The third-order valence-corrected chi connectivity index (χ3v) is 5.16. The zero-order chi connectivity index (χ0) is 16.7. The summed E-state index contributed by atoms with van der Waals surface area (Å²) < 4.78 is 11.3. The van der Waals surface area contributed by atoms with Crippen molar-refractivity contribution in [2.45, 2.75) is 51.2 Å². The molecule has 4 heterocycles. The van der Waals surface area contributed by atoms with Crippen LogP contribution in [0.5, 0.6) is 0 Å². The second-order valence-corrected chi connectivity index (χ2v) is 6.84. The molecule has 1 amide bonds. The third-order valence-electron chi connectivity index (χ3n) is 5.16. The molecule has 1 fully saturated rings. The molecule has 24 heavy (non-hydrogen) atoms. The minimum Gasteiger partial charge on any atom is -0.469 e. The first kappa shape index (κ1) is 15.4. The lowest BCUT2D eigenvalue weighted by Crippen LogP contribution is -2.38. The SMILES string of the molecule is C[C@@H]1Cc2c(C(=O)N3CCC(c4ccco4)CC3)n[nH]c2[C@H](C)O1. The van der Waals surface area contributed by atoms with Crippen molar-refractivity contribution >= 4 is 5.91 Å². The molecule has 4 rings (SSSR count). The molecule has 2 aliphatic heterocycles. The normalized spacial score (nSPS) is 24.8. The molecule has 0 aromatic carbocycles. The van der Waals surface area contributed by atoms with Crippen LogP contribution in [0.4, 0.5) is 0 Å². The van der Waals surface area contributed by atoms with Crippen molar-refractivity contribution in [3.05, 3.63) is 41.1 Å². The standard InChI is InChI=1S/C18H23N3O3/c1-11-10-14-16(12(2)24-11)19-20-17(14)18(22)21-7-5-13(6-8-21)15-4-3-9-23-15/h3-4,9,11-13H,5-8,10H2,1-2H3,(H,19,20)/t11-,12+/m1/s1. The topological polar surface area (TPSA) is 71.4 Å². The van der Waals surface area contributed by atoms with Gasteiger partial charge in [-0.3, -0.25) is 9.89 Å². The van der Waals surface area contributed by atoms with Gasteiger partial charge >= 0.3 is 0 Å². The molecule has 2 aromatic heterocycles. The molecule has 2 aromatic rings. The summed E-state index contributed by atoms with van der Waals surface area (Å²) in [4.78, 5) is 14.8. The fourth-order valence-electron chi connectivity index (χ4n) is 3.89. The van der Waals surface area contributed by atoms with Gasteiger partial charge in [0.1, 0.15) is 5.76 Å². The summed E-state index contributed by atoms with van der Waals surface area (Å²) in [7, 11) is 0. The molecule has 0 bridgehead atoms. The molecule has 6 heteroatoms. The van der Waals surface area contributed by atoms with Crippen LogP contribution in [0, 0.1) is 0 Å². The van der Waals surface area contributed by atoms with Gasteiger partial charge in [-0.15, -0.1) is 0 Å². The number of ether oxygens (including phenoxy) is 1. The van der Waals surface area contributed by atoms with Crippen LogP contribution in [-0.4, -0.2) is 40.2 Å². The van der Waals surface area contributed by atoms with Crippen LogP contribution in [0.3, 0.4) is 0 Å². The highest BCUT2D eigenvalue weighted by Crippen LogP contribution is 2.32. The van der Waals surface area contributed by atoms with Gasteiger partial charge in [-0.1, -0.05) is 0 Å². The highest BCUT2D eigenvalue weighted by Gasteiger charge is 2.33. The number of rotatable bonds is 2. The average Bonchev–Trinajstić information content (AvgIpc) is 3.24. The Morgan fingerprint density at radius 3 is 2.83 bits per heavy atom. The van der Waals surface area contributed by atoms with Crippen molar-refractivity contribution in [2.24, 2.45) is 0 Å². The van der Waals surface area contributed by atoms with Gasteiger partial charge in [-0.25, -0.2) is 0 Å². The van der Waals surface area contributed by atoms with Gasteiger partial charge in [0.15, 0.2) is 5.69 Å². The van der Waals surface area contributed by atoms with Crippen LogP contribution in [-0.2, 0) is 11.2 Å². The highest BCUT2D eigenvalue weighted by molar-refractivity contribution is 5.94. The number of aromatic amines is 1. The van der Waals surface area contributed by atoms with Crippen molar-refractivity contribution in [2.75, 3.05) is 13.1 Å². The summed E-state index contributed by atoms with van der Waals surface area (Å²) >= 11 is 0. The van der Waals surface area contributed by atoms with Gasteiger partial charge in [-0.2, -0.15) is 5.10 Å². The number of nitrogens with one attached hydrogen (secondary N) is 1. The summed E-state index contributed by atoms with van der Waals surface area (Å²) in [6.45, 7) is 5.52. The van der Waals surface area contributed by atoms with Gasteiger partial charge in [-0.05, 0) is 38.8 Å². The Bertz CT molecular complexity index is 714. The first-order valence-electron chi connectivity index (χ1n) is 8.68. The summed E-state index contributed by atoms with van der Waals surface area (Å²) in [5.74, 6) is 1.47. The van der Waals surface area contributed by atoms with E-state index in [-0.39, 0.29) is 18.1 Å². The monoisotopic (exact) mass is 329 g/mol. The Hall–Kier alpha value is -2.08. The van der Waals surface area contributed by atoms with Crippen LogP contribution in [0.15, 0.2) is 22.8 Å². The number of amides is 1. The molecule has 2 aliphatic rings. The maximum absolute atomic E-state index is 12.9. The second-order valence-electron chi connectivity index (χ2n) is 6.84. The molecule has 2 atom stereocenters. The molecule has 128 valence electrons. The lowest BCUT2D eigenvalue weighted by molar-refractivity contribution is -0.00703. The zero-order valence-corrected chi connectivity index (χ0v) is 14.1. The fraction of sp³-hybridized carbons (Fsp3) is 0.556. The van der Waals surface area contributed by atoms with E-state index in [9.17, 15) is 4.79 Å². The van der Waals surface area contributed by atoms with Gasteiger partial charge < -0.3 is 14.1 Å². The molecular weight excluding hydrogens is 306 g/mol. The number of fused-ring (bicyclic) bond motifs is 1. The number of H-pyrrole nitrogens is 1. The van der Waals surface area contributed by atoms with Crippen LogP contribution < -0.4 is 0 Å². The first-order chi connectivity index (χ1) is 11.6. The van der Waals surface area contributed by atoms with E-state index in [4.69, 9.17) is 9.15 Å². The average molecular weight is 329 g/mol. The van der Waals surface area contributed by atoms with E-state index >= 15 is 0 Å². The minimum atomic E-state index is -0.0394. The van der Waals surface area contributed by atoms with Gasteiger partial charge in [0, 0.05) is 31.0 Å². The fourth-order valence-corrected chi connectivity index (χ4v) is 3.89. The Labute approximate surface area is 141 Å². The first-order valence-corrected chi connectivity index (χ1v) is 8.68. The van der Waals surface area contributed by atoms with E-state index in [1.807, 2.05) is 30.9 Å². The molecule has 1 N–H and O–H groups in total. The number of carbonyl (C=O) groups is 1. The van der Waals surface area contributed by atoms with E-state index in [0.717, 1.165) is 49.4 Å². The molecule has 0 aliphatic carbocycles. The number of hydrogen-bond acceptors (Lipinski definition) is 4. The van der Waals surface area contributed by atoms with E-state index in [0.29, 0.717) is 11.6 Å². The quantitative estimate of drug-likeness (QED) is 0.919. The Morgan fingerprint density at radius 2 is 2.12 bits per heavy atom. The largest absolute Gasteiger partial charge is 0.469 e. The van der Waals surface area contributed by atoms with E-state index < -0.39 is 0 Å². The summed E-state index contributed by atoms with van der Waals surface area (Å²) in [6.07, 6.45) is 4.39. The van der Waals surface area contributed by atoms with Gasteiger partial charge in [0.2, 0.25) is 0 Å². The molecule has 0 saturated carbocycles. The van der Waals surface area contributed by atoms with E-state index in [1.165, 1.54) is 0 Å². The number of nitrogens with zero attached hydrogens (tertiary/aromatic N) is 2. The molecule has 0 spiro atoms. The number of hydrogen-bond donors (Lipinski definition) is 1. The zero-order valence-electron chi connectivity index (χ0n) is 14.1. The van der Waals surface area contributed by atoms with Crippen molar-refractivity contribution in [1.29, 1.82) is 0 Å². The molecule has 0 unspecified atom stereocenters. The maximum atomic E-state index is 12.9. The van der Waals surface area contributed by atoms with Crippen LogP contribution in [0.1, 0.15) is 66.2 Å². The number of piperidine rings is 1. The Kier molecular flexibility index (Phi) is 3.92. The lowest BCUT2D eigenvalue weighted by atomic mass is 9.93. The predicted molar refractivity (Wildman–Crippen MR) is 87.8 cm³/mol. The number of carbonyl (C=O) groups excluding carboxylic acids is 1. The van der Waals surface area contributed by atoms with Crippen LogP contribution in [0.25, 0.3) is 0 Å². The lowest BCUT2D eigenvalue weighted by Gasteiger charge is -2.31. The second kappa shape index (κ2) is 6.09. The number of aromatic nitrogens is 2. The molecule has 6 nitrogen and oxygen atoms in total. The number of furan rings is 1. The highest BCUT2D eigenvalue weighted by atomic mass is 16.5. The molecule has 1 saturated heterocycles. The Balaban J connectivity index is 1.48. The van der Waals surface area contributed by atoms with Gasteiger partial charge in [0.25, 0.3) is 5.91 Å². The summed E-state index contributed by atoms with van der Waals surface area (Å²) in [6, 6.07) is 3.95. The van der Waals surface area contributed by atoms with Crippen molar-refractivity contribution in [3.8, 4) is 0 Å². The predicted octanol–water partition coefficient (Wildman–Crippen LogP) is 3.04. The Morgan fingerprint density at radius 1 is 1.33 bits per heavy atom. The molecule has 0 radical (unpaired) electrons. The van der Waals surface area contributed by atoms with Crippen LogP contribution in [0.2, 0.25) is 0 Å². The van der Waals surface area contributed by atoms with Crippen LogP contribution >= 0.6 is 0 Å². The van der Waals surface area contributed by atoms with E-state index in [1.54, 1.807) is 6.26 Å². The van der Waals surface area contributed by atoms with Gasteiger partial charge in [0.05, 0.1) is 24.2 Å². The van der Waals surface area contributed by atoms with Crippen molar-refractivity contribution < 1.29 is 13.9 Å². The third kappa shape index (κ3) is 2.65. The van der Waals surface area contributed by atoms with Crippen molar-refractivity contribution in [1.82, 2.24) is 15.1 Å². The summed E-state index contributed by atoms with van der Waals surface area (Å²) in [5, 5.41) is 7.32.